The third-order valence-electron chi connectivity index (χ3n) is 3.00. The second-order valence-corrected chi connectivity index (χ2v) is 4.49. The first-order valence-corrected chi connectivity index (χ1v) is 5.94. The zero-order chi connectivity index (χ0) is 14.9. The number of rotatable bonds is 2. The van der Waals surface area contributed by atoms with E-state index in [-0.39, 0.29) is 5.56 Å². The van der Waals surface area contributed by atoms with Crippen LogP contribution in [0.15, 0.2) is 42.5 Å². The van der Waals surface area contributed by atoms with Crippen molar-refractivity contribution < 1.29 is 22.7 Å². The van der Waals surface area contributed by atoms with Crippen LogP contribution in [0.25, 0.3) is 11.1 Å². The minimum absolute atomic E-state index is 0.153. The number of benzene rings is 2. The standard InChI is InChI=1S/C15H12F4O/c1-9(20)13-7-4-11(8-14(13)16)10-2-5-12(6-3-10)15(17,18)19/h2-9,20H,1H3/t9-/m1/s1. The molecule has 0 fully saturated rings. The highest BCUT2D eigenvalue weighted by atomic mass is 19.4. The van der Waals surface area contributed by atoms with Gasteiger partial charge in [-0.25, -0.2) is 4.39 Å². The molecule has 2 aromatic rings. The summed E-state index contributed by atoms with van der Waals surface area (Å²) in [5.41, 5.74) is 0.345. The Bertz CT molecular complexity index is 600. The second kappa shape index (κ2) is 5.25. The largest absolute Gasteiger partial charge is 0.416 e. The number of hydrogen-bond acceptors (Lipinski definition) is 1. The average molecular weight is 284 g/mol. The molecular formula is C15H12F4O. The summed E-state index contributed by atoms with van der Waals surface area (Å²) in [6.07, 6.45) is -5.32. The van der Waals surface area contributed by atoms with E-state index in [0.717, 1.165) is 12.1 Å². The van der Waals surface area contributed by atoms with Crippen molar-refractivity contribution >= 4 is 0 Å². The third-order valence-corrected chi connectivity index (χ3v) is 3.00. The minimum atomic E-state index is -4.39. The highest BCUT2D eigenvalue weighted by Crippen LogP contribution is 2.31. The van der Waals surface area contributed by atoms with Gasteiger partial charge < -0.3 is 5.11 Å². The van der Waals surface area contributed by atoms with E-state index in [1.807, 2.05) is 0 Å². The molecule has 20 heavy (non-hydrogen) atoms. The van der Waals surface area contributed by atoms with E-state index in [9.17, 15) is 22.7 Å². The Balaban J connectivity index is 2.35. The molecule has 0 unspecified atom stereocenters. The van der Waals surface area contributed by atoms with Crippen molar-refractivity contribution in [2.45, 2.75) is 19.2 Å². The first kappa shape index (κ1) is 14.5. The number of alkyl halides is 3. The second-order valence-electron chi connectivity index (χ2n) is 4.49. The van der Waals surface area contributed by atoms with Crippen LogP contribution in [0.4, 0.5) is 17.6 Å². The topological polar surface area (TPSA) is 20.2 Å². The zero-order valence-electron chi connectivity index (χ0n) is 10.6. The van der Waals surface area contributed by atoms with E-state index >= 15 is 0 Å². The highest BCUT2D eigenvalue weighted by Gasteiger charge is 2.29. The van der Waals surface area contributed by atoms with Gasteiger partial charge in [0.15, 0.2) is 0 Å². The van der Waals surface area contributed by atoms with Crippen LogP contribution in [0.3, 0.4) is 0 Å². The molecule has 0 aliphatic carbocycles. The molecular weight excluding hydrogens is 272 g/mol. The fraction of sp³-hybridized carbons (Fsp3) is 0.200. The molecule has 0 saturated heterocycles. The molecule has 0 aromatic heterocycles. The SMILES string of the molecule is C[C@@H](O)c1ccc(-c2ccc(C(F)(F)F)cc2)cc1F. The molecule has 0 heterocycles. The molecule has 1 atom stereocenters. The summed E-state index contributed by atoms with van der Waals surface area (Å²) < 4.78 is 51.0. The Hall–Kier alpha value is -1.88. The van der Waals surface area contributed by atoms with Crippen LogP contribution in [0.5, 0.6) is 0 Å². The lowest BCUT2D eigenvalue weighted by molar-refractivity contribution is -0.137. The Morgan fingerprint density at radius 3 is 1.95 bits per heavy atom. The summed E-state index contributed by atoms with van der Waals surface area (Å²) in [5.74, 6) is -0.586. The lowest BCUT2D eigenvalue weighted by Crippen LogP contribution is -2.04. The fourth-order valence-electron chi connectivity index (χ4n) is 1.90. The molecule has 1 N–H and O–H groups in total. The maximum absolute atomic E-state index is 13.7. The van der Waals surface area contributed by atoms with Gasteiger partial charge in [-0.05, 0) is 36.2 Å². The van der Waals surface area contributed by atoms with Gasteiger partial charge in [-0.1, -0.05) is 24.3 Å². The Kier molecular flexibility index (Phi) is 3.81. The highest BCUT2D eigenvalue weighted by molar-refractivity contribution is 5.64. The van der Waals surface area contributed by atoms with Crippen molar-refractivity contribution in [1.29, 1.82) is 0 Å². The van der Waals surface area contributed by atoms with Crippen LogP contribution in [0.1, 0.15) is 24.2 Å². The van der Waals surface area contributed by atoms with Crippen molar-refractivity contribution in [2.24, 2.45) is 0 Å². The summed E-state index contributed by atoms with van der Waals surface area (Å²) in [5, 5.41) is 9.33. The summed E-state index contributed by atoms with van der Waals surface area (Å²) in [4.78, 5) is 0. The van der Waals surface area contributed by atoms with Crippen LogP contribution in [-0.4, -0.2) is 5.11 Å². The monoisotopic (exact) mass is 284 g/mol. The van der Waals surface area contributed by atoms with E-state index < -0.39 is 23.7 Å². The molecule has 1 nitrogen and oxygen atoms in total. The summed E-state index contributed by atoms with van der Waals surface area (Å²) in [7, 11) is 0. The molecule has 0 aliphatic heterocycles. The van der Waals surface area contributed by atoms with Crippen LogP contribution < -0.4 is 0 Å². The molecule has 106 valence electrons. The Morgan fingerprint density at radius 2 is 1.50 bits per heavy atom. The van der Waals surface area contributed by atoms with Crippen molar-refractivity contribution in [2.75, 3.05) is 0 Å². The van der Waals surface area contributed by atoms with E-state index in [0.29, 0.717) is 11.1 Å². The molecule has 2 rings (SSSR count). The average Bonchev–Trinajstić information content (AvgIpc) is 2.37. The lowest BCUT2D eigenvalue weighted by atomic mass is 10.0. The third kappa shape index (κ3) is 2.99. The summed E-state index contributed by atoms with van der Waals surface area (Å²) in [6.45, 7) is 1.44. The van der Waals surface area contributed by atoms with Gasteiger partial charge in [0.05, 0.1) is 11.7 Å². The Labute approximate surface area is 113 Å². The maximum atomic E-state index is 13.7. The van der Waals surface area contributed by atoms with Crippen LogP contribution in [0, 0.1) is 5.82 Å². The van der Waals surface area contributed by atoms with Gasteiger partial charge in [-0.15, -0.1) is 0 Å². The van der Waals surface area contributed by atoms with Gasteiger partial charge >= 0.3 is 6.18 Å². The molecule has 0 radical (unpaired) electrons. The normalized spacial score (nSPS) is 13.3. The van der Waals surface area contributed by atoms with Crippen LogP contribution in [0.2, 0.25) is 0 Å². The lowest BCUT2D eigenvalue weighted by Gasteiger charge is -2.10. The van der Waals surface area contributed by atoms with Gasteiger partial charge in [0.1, 0.15) is 5.82 Å². The van der Waals surface area contributed by atoms with Crippen molar-refractivity contribution in [3.8, 4) is 11.1 Å². The molecule has 2 aromatic carbocycles. The first-order valence-electron chi connectivity index (χ1n) is 5.94. The van der Waals surface area contributed by atoms with Gasteiger partial charge in [-0.3, -0.25) is 0 Å². The maximum Gasteiger partial charge on any atom is 0.416 e. The quantitative estimate of drug-likeness (QED) is 0.801. The molecule has 0 spiro atoms. The number of aliphatic hydroxyl groups excluding tert-OH is 1. The van der Waals surface area contributed by atoms with Crippen LogP contribution in [-0.2, 0) is 6.18 Å². The first-order chi connectivity index (χ1) is 9.29. The van der Waals surface area contributed by atoms with E-state index in [4.69, 9.17) is 0 Å². The fourth-order valence-corrected chi connectivity index (χ4v) is 1.90. The molecule has 0 bridgehead atoms. The smallest absolute Gasteiger partial charge is 0.389 e. The zero-order valence-corrected chi connectivity index (χ0v) is 10.6. The molecule has 0 aliphatic rings. The van der Waals surface area contributed by atoms with Crippen molar-refractivity contribution in [3.63, 3.8) is 0 Å². The van der Waals surface area contributed by atoms with Crippen molar-refractivity contribution in [1.82, 2.24) is 0 Å². The molecule has 0 amide bonds. The van der Waals surface area contributed by atoms with E-state index in [2.05, 4.69) is 0 Å². The number of halogens is 4. The summed E-state index contributed by atoms with van der Waals surface area (Å²) >= 11 is 0. The number of aliphatic hydroxyl groups is 1. The molecule has 0 saturated carbocycles. The molecule has 5 heteroatoms. The summed E-state index contributed by atoms with van der Waals surface area (Å²) in [6, 6.07) is 8.68. The minimum Gasteiger partial charge on any atom is -0.389 e. The van der Waals surface area contributed by atoms with Gasteiger partial charge in [-0.2, -0.15) is 13.2 Å². The predicted molar refractivity (Wildman–Crippen MR) is 67.5 cm³/mol. The van der Waals surface area contributed by atoms with Crippen LogP contribution >= 0.6 is 0 Å². The van der Waals surface area contributed by atoms with Gasteiger partial charge in [0, 0.05) is 5.56 Å². The van der Waals surface area contributed by atoms with Gasteiger partial charge in [0.25, 0.3) is 0 Å². The Morgan fingerprint density at radius 1 is 0.950 bits per heavy atom. The predicted octanol–water partition coefficient (Wildman–Crippen LogP) is 4.56. The van der Waals surface area contributed by atoms with E-state index in [1.165, 1.54) is 31.2 Å². The van der Waals surface area contributed by atoms with E-state index in [1.54, 1.807) is 6.07 Å². The van der Waals surface area contributed by atoms with Crippen molar-refractivity contribution in [3.05, 3.63) is 59.4 Å². The van der Waals surface area contributed by atoms with Gasteiger partial charge in [0.2, 0.25) is 0 Å². The number of hydrogen-bond donors (Lipinski definition) is 1.